The fourth-order valence-electron chi connectivity index (χ4n) is 2.02. The van der Waals surface area contributed by atoms with Crippen LogP contribution in [0.5, 0.6) is 0 Å². The van der Waals surface area contributed by atoms with Gasteiger partial charge in [-0.1, -0.05) is 25.1 Å². The molecule has 0 saturated heterocycles. The SMILES string of the molecule is CCCNCC(C)NCc1coc2ccccc12. The third kappa shape index (κ3) is 3.34. The van der Waals surface area contributed by atoms with Crippen LogP contribution in [0.3, 0.4) is 0 Å². The highest BCUT2D eigenvalue weighted by molar-refractivity contribution is 5.80. The quantitative estimate of drug-likeness (QED) is 0.738. The molecule has 2 rings (SSSR count). The first kappa shape index (κ1) is 13.1. The number of hydrogen-bond donors (Lipinski definition) is 2. The number of fused-ring (bicyclic) bond motifs is 1. The molecule has 0 aliphatic rings. The summed E-state index contributed by atoms with van der Waals surface area (Å²) in [5.41, 5.74) is 2.19. The molecule has 18 heavy (non-hydrogen) atoms. The van der Waals surface area contributed by atoms with Crippen molar-refractivity contribution in [2.45, 2.75) is 32.9 Å². The molecule has 0 radical (unpaired) electrons. The number of furan rings is 1. The first-order chi connectivity index (χ1) is 8.81. The minimum atomic E-state index is 0.463. The predicted molar refractivity (Wildman–Crippen MR) is 75.7 cm³/mol. The molecule has 1 aromatic heterocycles. The molecule has 0 aliphatic carbocycles. The fraction of sp³-hybridized carbons (Fsp3) is 0.467. The lowest BCUT2D eigenvalue weighted by Gasteiger charge is -2.13. The van der Waals surface area contributed by atoms with E-state index in [0.717, 1.165) is 25.2 Å². The van der Waals surface area contributed by atoms with Crippen molar-refractivity contribution in [3.63, 3.8) is 0 Å². The lowest BCUT2D eigenvalue weighted by molar-refractivity contribution is 0.499. The molecule has 2 aromatic rings. The van der Waals surface area contributed by atoms with Crippen molar-refractivity contribution < 1.29 is 4.42 Å². The minimum absolute atomic E-state index is 0.463. The molecule has 3 heteroatoms. The Bertz CT molecular complexity index is 478. The lowest BCUT2D eigenvalue weighted by Crippen LogP contribution is -2.36. The minimum Gasteiger partial charge on any atom is -0.464 e. The molecule has 1 aromatic carbocycles. The summed E-state index contributed by atoms with van der Waals surface area (Å²) in [6.07, 6.45) is 3.03. The van der Waals surface area contributed by atoms with E-state index in [2.05, 4.69) is 30.5 Å². The van der Waals surface area contributed by atoms with Crippen LogP contribution in [0.4, 0.5) is 0 Å². The smallest absolute Gasteiger partial charge is 0.134 e. The Balaban J connectivity index is 1.86. The van der Waals surface area contributed by atoms with E-state index in [9.17, 15) is 0 Å². The summed E-state index contributed by atoms with van der Waals surface area (Å²) < 4.78 is 5.52. The van der Waals surface area contributed by atoms with Gasteiger partial charge in [-0.25, -0.2) is 0 Å². The largest absolute Gasteiger partial charge is 0.464 e. The molecular formula is C15H22N2O. The summed E-state index contributed by atoms with van der Waals surface area (Å²) in [5.74, 6) is 0. The highest BCUT2D eigenvalue weighted by atomic mass is 16.3. The van der Waals surface area contributed by atoms with E-state index in [1.807, 2.05) is 24.5 Å². The van der Waals surface area contributed by atoms with Crippen molar-refractivity contribution in [3.05, 3.63) is 36.1 Å². The van der Waals surface area contributed by atoms with Gasteiger partial charge in [-0.05, 0) is 26.0 Å². The van der Waals surface area contributed by atoms with Crippen LogP contribution in [0.1, 0.15) is 25.8 Å². The van der Waals surface area contributed by atoms with E-state index < -0.39 is 0 Å². The van der Waals surface area contributed by atoms with Crippen molar-refractivity contribution in [1.82, 2.24) is 10.6 Å². The third-order valence-electron chi connectivity index (χ3n) is 3.08. The van der Waals surface area contributed by atoms with Crippen LogP contribution in [-0.4, -0.2) is 19.1 Å². The second kappa shape index (κ2) is 6.57. The molecule has 0 amide bonds. The van der Waals surface area contributed by atoms with E-state index in [1.165, 1.54) is 17.4 Å². The number of hydrogen-bond acceptors (Lipinski definition) is 3. The number of rotatable bonds is 7. The second-order valence-corrected chi connectivity index (χ2v) is 4.74. The fourth-order valence-corrected chi connectivity index (χ4v) is 2.02. The summed E-state index contributed by atoms with van der Waals surface area (Å²) in [6, 6.07) is 8.62. The van der Waals surface area contributed by atoms with E-state index in [4.69, 9.17) is 4.42 Å². The van der Waals surface area contributed by atoms with Gasteiger partial charge in [0.05, 0.1) is 6.26 Å². The summed E-state index contributed by atoms with van der Waals surface area (Å²) in [4.78, 5) is 0. The first-order valence-electron chi connectivity index (χ1n) is 6.70. The Labute approximate surface area is 109 Å². The molecule has 0 fully saturated rings. The molecule has 0 bridgehead atoms. The summed E-state index contributed by atoms with van der Waals surface area (Å²) in [5, 5.41) is 8.14. The standard InChI is InChI=1S/C15H22N2O/c1-3-8-16-9-12(2)17-10-13-11-18-15-7-5-4-6-14(13)15/h4-7,11-12,16-17H,3,8-10H2,1-2H3. The van der Waals surface area contributed by atoms with Gasteiger partial charge < -0.3 is 15.1 Å². The topological polar surface area (TPSA) is 37.2 Å². The number of para-hydroxylation sites is 1. The van der Waals surface area contributed by atoms with Crippen molar-refractivity contribution >= 4 is 11.0 Å². The van der Waals surface area contributed by atoms with Gasteiger partial charge in [0.1, 0.15) is 5.58 Å². The molecule has 98 valence electrons. The van der Waals surface area contributed by atoms with Gasteiger partial charge >= 0.3 is 0 Å². The highest BCUT2D eigenvalue weighted by Gasteiger charge is 2.06. The van der Waals surface area contributed by atoms with E-state index in [0.29, 0.717) is 6.04 Å². The zero-order chi connectivity index (χ0) is 12.8. The van der Waals surface area contributed by atoms with Gasteiger partial charge in [-0.3, -0.25) is 0 Å². The highest BCUT2D eigenvalue weighted by Crippen LogP contribution is 2.20. The zero-order valence-corrected chi connectivity index (χ0v) is 11.2. The van der Waals surface area contributed by atoms with Crippen LogP contribution < -0.4 is 10.6 Å². The molecule has 2 N–H and O–H groups in total. The normalized spacial score (nSPS) is 13.0. The maximum atomic E-state index is 5.52. The Hall–Kier alpha value is -1.32. The zero-order valence-electron chi connectivity index (χ0n) is 11.2. The van der Waals surface area contributed by atoms with E-state index in [1.54, 1.807) is 0 Å². The van der Waals surface area contributed by atoms with Gasteiger partial charge in [-0.2, -0.15) is 0 Å². The molecule has 0 saturated carbocycles. The van der Waals surface area contributed by atoms with Crippen LogP contribution in [0.2, 0.25) is 0 Å². The molecule has 1 atom stereocenters. The third-order valence-corrected chi connectivity index (χ3v) is 3.08. The van der Waals surface area contributed by atoms with Crippen molar-refractivity contribution in [3.8, 4) is 0 Å². The van der Waals surface area contributed by atoms with Gasteiger partial charge in [0.2, 0.25) is 0 Å². The average molecular weight is 246 g/mol. The molecule has 1 heterocycles. The first-order valence-corrected chi connectivity index (χ1v) is 6.70. The maximum Gasteiger partial charge on any atom is 0.134 e. The van der Waals surface area contributed by atoms with Crippen molar-refractivity contribution in [2.24, 2.45) is 0 Å². The Morgan fingerprint density at radius 1 is 1.28 bits per heavy atom. The second-order valence-electron chi connectivity index (χ2n) is 4.74. The van der Waals surface area contributed by atoms with Crippen LogP contribution in [0, 0.1) is 0 Å². The predicted octanol–water partition coefficient (Wildman–Crippen LogP) is 2.91. The van der Waals surface area contributed by atoms with Crippen LogP contribution in [0.15, 0.2) is 34.9 Å². The molecule has 1 unspecified atom stereocenters. The van der Waals surface area contributed by atoms with Crippen LogP contribution in [-0.2, 0) is 6.54 Å². The Kier molecular flexibility index (Phi) is 4.79. The average Bonchev–Trinajstić information content (AvgIpc) is 2.80. The van der Waals surface area contributed by atoms with E-state index >= 15 is 0 Å². The summed E-state index contributed by atoms with van der Waals surface area (Å²) in [7, 11) is 0. The molecule has 3 nitrogen and oxygen atoms in total. The van der Waals surface area contributed by atoms with E-state index in [-0.39, 0.29) is 0 Å². The molecule has 0 aliphatic heterocycles. The van der Waals surface area contributed by atoms with Gasteiger partial charge in [-0.15, -0.1) is 0 Å². The Morgan fingerprint density at radius 3 is 2.94 bits per heavy atom. The maximum absolute atomic E-state index is 5.52. The summed E-state index contributed by atoms with van der Waals surface area (Å²) >= 11 is 0. The molecule has 0 spiro atoms. The molecular weight excluding hydrogens is 224 g/mol. The lowest BCUT2D eigenvalue weighted by atomic mass is 10.1. The number of nitrogens with one attached hydrogen (secondary N) is 2. The van der Waals surface area contributed by atoms with Crippen molar-refractivity contribution in [1.29, 1.82) is 0 Å². The number of benzene rings is 1. The van der Waals surface area contributed by atoms with Crippen LogP contribution >= 0.6 is 0 Å². The Morgan fingerprint density at radius 2 is 2.11 bits per heavy atom. The summed E-state index contributed by atoms with van der Waals surface area (Å²) in [6.45, 7) is 7.32. The monoisotopic (exact) mass is 246 g/mol. The van der Waals surface area contributed by atoms with Gasteiger partial charge in [0.25, 0.3) is 0 Å². The van der Waals surface area contributed by atoms with Crippen LogP contribution in [0.25, 0.3) is 11.0 Å². The van der Waals surface area contributed by atoms with Gasteiger partial charge in [0.15, 0.2) is 0 Å². The van der Waals surface area contributed by atoms with Crippen molar-refractivity contribution in [2.75, 3.05) is 13.1 Å². The van der Waals surface area contributed by atoms with Gasteiger partial charge in [0, 0.05) is 30.1 Å².